The summed E-state index contributed by atoms with van der Waals surface area (Å²) >= 11 is 0. The van der Waals surface area contributed by atoms with Gasteiger partial charge in [0.05, 0.1) is 24.4 Å². The van der Waals surface area contributed by atoms with E-state index in [1.165, 1.54) is 0 Å². The fraction of sp³-hybridized carbons (Fsp3) is 0.138. The molecule has 1 N–H and O–H groups in total. The Morgan fingerprint density at radius 1 is 0.865 bits per heavy atom. The van der Waals surface area contributed by atoms with Gasteiger partial charge in [0.1, 0.15) is 29.5 Å². The Morgan fingerprint density at radius 2 is 1.70 bits per heavy atom. The van der Waals surface area contributed by atoms with E-state index in [1.54, 1.807) is 53.4 Å². The van der Waals surface area contributed by atoms with Gasteiger partial charge >= 0.3 is 5.97 Å². The number of aromatic carboxylic acids is 1. The molecule has 8 nitrogen and oxygen atoms in total. The normalized spacial score (nSPS) is 10.8. The summed E-state index contributed by atoms with van der Waals surface area (Å²) in [7, 11) is 0. The third-order valence-corrected chi connectivity index (χ3v) is 5.73. The van der Waals surface area contributed by atoms with Gasteiger partial charge in [-0.3, -0.25) is 4.98 Å². The Bertz CT molecular complexity index is 1510. The SMILES string of the molecule is CCOc1cccc(-c2nccc3c2cc(C(=O)O)n3CCOc2ccc(Oc3ccccn3)cc2)c1. The molecule has 0 aliphatic heterocycles. The minimum atomic E-state index is -1.01. The monoisotopic (exact) mass is 495 g/mol. The van der Waals surface area contributed by atoms with E-state index < -0.39 is 5.97 Å². The average Bonchev–Trinajstić information content (AvgIpc) is 3.30. The van der Waals surface area contributed by atoms with Crippen molar-refractivity contribution in [2.24, 2.45) is 0 Å². The summed E-state index contributed by atoms with van der Waals surface area (Å²) in [6, 6.07) is 23.8. The van der Waals surface area contributed by atoms with E-state index in [9.17, 15) is 9.90 Å². The fourth-order valence-electron chi connectivity index (χ4n) is 4.12. The van der Waals surface area contributed by atoms with E-state index in [1.807, 2.05) is 49.4 Å². The molecule has 186 valence electrons. The van der Waals surface area contributed by atoms with Crippen molar-refractivity contribution in [3.05, 3.63) is 97.0 Å². The number of carboxylic acid groups (broad SMARTS) is 1. The van der Waals surface area contributed by atoms with E-state index in [4.69, 9.17) is 14.2 Å². The maximum atomic E-state index is 12.1. The van der Waals surface area contributed by atoms with Gasteiger partial charge in [-0.25, -0.2) is 9.78 Å². The van der Waals surface area contributed by atoms with Crippen LogP contribution in [0.5, 0.6) is 23.1 Å². The summed E-state index contributed by atoms with van der Waals surface area (Å²) in [5, 5.41) is 10.6. The molecular formula is C29H25N3O5. The van der Waals surface area contributed by atoms with E-state index in [2.05, 4.69) is 9.97 Å². The predicted octanol–water partition coefficient (Wildman–Crippen LogP) is 6.07. The fourth-order valence-corrected chi connectivity index (χ4v) is 4.12. The van der Waals surface area contributed by atoms with Crippen molar-refractivity contribution in [3.63, 3.8) is 0 Å². The smallest absolute Gasteiger partial charge is 0.352 e. The average molecular weight is 496 g/mol. The van der Waals surface area contributed by atoms with Gasteiger partial charge < -0.3 is 23.9 Å². The molecule has 0 spiro atoms. The number of pyridine rings is 2. The molecule has 5 aromatic rings. The number of hydrogen-bond donors (Lipinski definition) is 1. The summed E-state index contributed by atoms with van der Waals surface area (Å²) in [6.45, 7) is 3.11. The van der Waals surface area contributed by atoms with Crippen LogP contribution >= 0.6 is 0 Å². The minimum Gasteiger partial charge on any atom is -0.494 e. The second-order valence-corrected chi connectivity index (χ2v) is 8.13. The third-order valence-electron chi connectivity index (χ3n) is 5.73. The lowest BCUT2D eigenvalue weighted by Gasteiger charge is -2.11. The molecular weight excluding hydrogens is 470 g/mol. The van der Waals surface area contributed by atoms with Crippen LogP contribution in [0.4, 0.5) is 0 Å². The van der Waals surface area contributed by atoms with Crippen LogP contribution in [0.2, 0.25) is 0 Å². The standard InChI is InChI=1S/C29H25N3O5/c1-2-35-23-7-5-6-20(18-23)28-24-19-26(29(33)34)32(25(24)13-15-31-28)16-17-36-21-9-11-22(12-10-21)37-27-8-3-4-14-30-27/h3-15,18-19H,2,16-17H2,1H3,(H,33,34). The minimum absolute atomic E-state index is 0.174. The van der Waals surface area contributed by atoms with Gasteiger partial charge in [0.2, 0.25) is 5.88 Å². The molecule has 0 atom stereocenters. The van der Waals surface area contributed by atoms with Crippen LogP contribution in [0.25, 0.3) is 22.2 Å². The van der Waals surface area contributed by atoms with Gasteiger partial charge in [-0.2, -0.15) is 0 Å². The van der Waals surface area contributed by atoms with Crippen molar-refractivity contribution >= 4 is 16.9 Å². The molecule has 0 aliphatic rings. The van der Waals surface area contributed by atoms with Crippen molar-refractivity contribution in [1.82, 2.24) is 14.5 Å². The van der Waals surface area contributed by atoms with Crippen LogP contribution in [0.1, 0.15) is 17.4 Å². The van der Waals surface area contributed by atoms with E-state index in [0.717, 1.165) is 22.2 Å². The van der Waals surface area contributed by atoms with E-state index in [-0.39, 0.29) is 12.3 Å². The zero-order chi connectivity index (χ0) is 25.6. The zero-order valence-electron chi connectivity index (χ0n) is 20.2. The number of rotatable bonds is 10. The lowest BCUT2D eigenvalue weighted by atomic mass is 10.1. The van der Waals surface area contributed by atoms with Crippen molar-refractivity contribution in [2.45, 2.75) is 13.5 Å². The first-order valence-electron chi connectivity index (χ1n) is 11.9. The molecule has 5 rings (SSSR count). The summed E-state index contributed by atoms with van der Waals surface area (Å²) in [5.41, 5.74) is 2.50. The van der Waals surface area contributed by atoms with Crippen LogP contribution in [0.3, 0.4) is 0 Å². The molecule has 0 fully saturated rings. The van der Waals surface area contributed by atoms with Crippen LogP contribution in [0, 0.1) is 0 Å². The zero-order valence-corrected chi connectivity index (χ0v) is 20.2. The van der Waals surface area contributed by atoms with Crippen LogP contribution in [-0.4, -0.2) is 38.8 Å². The lowest BCUT2D eigenvalue weighted by Crippen LogP contribution is -2.13. The molecule has 0 unspecified atom stereocenters. The van der Waals surface area contributed by atoms with Crippen molar-refractivity contribution < 1.29 is 24.1 Å². The largest absolute Gasteiger partial charge is 0.494 e. The van der Waals surface area contributed by atoms with Gasteiger partial charge in [0, 0.05) is 29.4 Å². The van der Waals surface area contributed by atoms with Crippen molar-refractivity contribution in [1.29, 1.82) is 0 Å². The summed E-state index contributed by atoms with van der Waals surface area (Å²) < 4.78 is 19.0. The molecule has 37 heavy (non-hydrogen) atoms. The molecule has 0 saturated heterocycles. The Morgan fingerprint density at radius 3 is 2.46 bits per heavy atom. The van der Waals surface area contributed by atoms with Crippen LogP contribution in [-0.2, 0) is 6.54 Å². The molecule has 2 aromatic carbocycles. The molecule has 3 heterocycles. The van der Waals surface area contributed by atoms with E-state index in [0.29, 0.717) is 36.2 Å². The number of ether oxygens (including phenoxy) is 3. The maximum absolute atomic E-state index is 12.1. The first kappa shape index (κ1) is 23.9. The molecule has 0 amide bonds. The third kappa shape index (κ3) is 5.38. The number of hydrogen-bond acceptors (Lipinski definition) is 6. The number of nitrogens with zero attached hydrogens (tertiary/aromatic N) is 3. The molecule has 0 saturated carbocycles. The van der Waals surface area contributed by atoms with Gasteiger partial charge in [-0.05, 0) is 61.5 Å². The van der Waals surface area contributed by atoms with Gasteiger partial charge in [0.15, 0.2) is 0 Å². The predicted molar refractivity (Wildman–Crippen MR) is 140 cm³/mol. The molecule has 0 bridgehead atoms. The Kier molecular flexibility index (Phi) is 6.98. The van der Waals surface area contributed by atoms with Crippen LogP contribution < -0.4 is 14.2 Å². The molecule has 0 radical (unpaired) electrons. The summed E-state index contributed by atoms with van der Waals surface area (Å²) in [4.78, 5) is 20.8. The number of fused-ring (bicyclic) bond motifs is 1. The van der Waals surface area contributed by atoms with Gasteiger partial charge in [-0.15, -0.1) is 0 Å². The Hall–Kier alpha value is -4.85. The topological polar surface area (TPSA) is 95.7 Å². The van der Waals surface area contributed by atoms with E-state index >= 15 is 0 Å². The van der Waals surface area contributed by atoms with Gasteiger partial charge in [0.25, 0.3) is 0 Å². The maximum Gasteiger partial charge on any atom is 0.352 e. The van der Waals surface area contributed by atoms with Crippen molar-refractivity contribution in [3.8, 4) is 34.4 Å². The number of carboxylic acids is 1. The first-order valence-corrected chi connectivity index (χ1v) is 11.9. The summed E-state index contributed by atoms with van der Waals surface area (Å²) in [6.07, 6.45) is 3.36. The van der Waals surface area contributed by atoms with Crippen molar-refractivity contribution in [2.75, 3.05) is 13.2 Å². The molecule has 3 aromatic heterocycles. The summed E-state index contributed by atoms with van der Waals surface area (Å²) in [5.74, 6) is 1.53. The Balaban J connectivity index is 1.34. The second-order valence-electron chi connectivity index (χ2n) is 8.13. The highest BCUT2D eigenvalue weighted by Crippen LogP contribution is 2.31. The highest BCUT2D eigenvalue weighted by Gasteiger charge is 2.18. The second kappa shape index (κ2) is 10.8. The van der Waals surface area contributed by atoms with Gasteiger partial charge in [-0.1, -0.05) is 18.2 Å². The highest BCUT2D eigenvalue weighted by molar-refractivity contribution is 6.00. The van der Waals surface area contributed by atoms with Crippen LogP contribution in [0.15, 0.2) is 91.3 Å². The quantitative estimate of drug-likeness (QED) is 0.251. The first-order chi connectivity index (χ1) is 18.1. The number of carbonyl (C=O) groups is 1. The highest BCUT2D eigenvalue weighted by atomic mass is 16.5. The molecule has 0 aliphatic carbocycles. The number of aromatic nitrogens is 3. The Labute approximate surface area is 213 Å². The molecule has 8 heteroatoms. The number of benzene rings is 2. The lowest BCUT2D eigenvalue weighted by molar-refractivity contribution is 0.0684.